The molecule has 14 rings (SSSR count). The van der Waals surface area contributed by atoms with E-state index in [0.717, 1.165) is 111 Å². The van der Waals surface area contributed by atoms with Crippen molar-refractivity contribution >= 4 is 21.9 Å². The summed E-state index contributed by atoms with van der Waals surface area (Å²) in [6.45, 7) is 6.93. The Kier molecular flexibility index (Phi) is 9.12. The first-order chi connectivity index (χ1) is 34.9. The number of pyridine rings is 1. The fraction of sp³-hybridized carbons (Fsp3) is 0.0597. The third-order valence-electron chi connectivity index (χ3n) is 14.7. The van der Waals surface area contributed by atoms with Crippen LogP contribution in [0.25, 0.3) is 145 Å². The van der Waals surface area contributed by atoms with Crippen LogP contribution in [-0.4, -0.2) is 15.0 Å². The second-order valence-corrected chi connectivity index (χ2v) is 19.8. The topological polar surface area (TPSA) is 51.8 Å². The maximum Gasteiger partial charge on any atom is 0.143 e. The molecule has 0 aliphatic heterocycles. The van der Waals surface area contributed by atoms with E-state index >= 15 is 0 Å². The van der Waals surface area contributed by atoms with Crippen molar-refractivity contribution in [1.82, 2.24) is 15.0 Å². The molecule has 0 saturated carbocycles. The summed E-state index contributed by atoms with van der Waals surface area (Å²) in [4.78, 5) is 16.2. The second kappa shape index (κ2) is 15.8. The highest BCUT2D eigenvalue weighted by atomic mass is 16.3. The van der Waals surface area contributed by atoms with E-state index in [9.17, 15) is 0 Å². The Morgan fingerprint density at radius 3 is 1.49 bits per heavy atom. The van der Waals surface area contributed by atoms with Crippen molar-refractivity contribution in [3.05, 3.63) is 224 Å². The first-order valence-electron chi connectivity index (χ1n) is 24.4. The van der Waals surface area contributed by atoms with Crippen LogP contribution in [0.15, 0.2) is 223 Å². The van der Waals surface area contributed by atoms with Crippen molar-refractivity contribution in [3.63, 3.8) is 0 Å². The number of aromatic nitrogens is 3. The van der Waals surface area contributed by atoms with Crippen LogP contribution >= 0.6 is 0 Å². The van der Waals surface area contributed by atoms with E-state index < -0.39 is 0 Å². The van der Waals surface area contributed by atoms with Crippen molar-refractivity contribution in [3.8, 4) is 123 Å². The van der Waals surface area contributed by atoms with Gasteiger partial charge in [-0.3, -0.25) is 9.97 Å². The molecule has 0 fully saturated rings. The molecule has 3 heterocycles. The van der Waals surface area contributed by atoms with E-state index in [0.29, 0.717) is 0 Å². The third-order valence-corrected chi connectivity index (χ3v) is 14.7. The maximum absolute atomic E-state index is 6.57. The zero-order valence-electron chi connectivity index (χ0n) is 39.5. The number of hydrogen-bond acceptors (Lipinski definition) is 4. The van der Waals surface area contributed by atoms with Crippen molar-refractivity contribution in [2.45, 2.75) is 26.2 Å². The molecule has 3 aromatic heterocycles. The number of fused-ring (bicyclic) bond motifs is 19. The number of nitrogens with zero attached hydrogens (tertiary/aromatic N) is 3. The summed E-state index contributed by atoms with van der Waals surface area (Å²) >= 11 is 0. The van der Waals surface area contributed by atoms with Gasteiger partial charge in [-0.05, 0) is 102 Å². The molecule has 4 heteroatoms. The summed E-state index contributed by atoms with van der Waals surface area (Å²) in [5, 5.41) is 2.23. The van der Waals surface area contributed by atoms with Gasteiger partial charge in [0.25, 0.3) is 0 Å². The lowest BCUT2D eigenvalue weighted by molar-refractivity contribution is 0.593. The van der Waals surface area contributed by atoms with Crippen molar-refractivity contribution in [2.75, 3.05) is 0 Å². The fourth-order valence-electron chi connectivity index (χ4n) is 11.6. The molecule has 2 aliphatic carbocycles. The standard InChI is InChI=1S/C67H45N3O/c1-67(2,3)62-42(40-32-34-50-53-30-16-36-68-63(53)52-24-10-8-19-46(52)44-17-4-6-21-48(44)58(50)37-40)26-14-29-57(62)60-39-69-64-55-35-33-41(43-27-15-28-56-51-23-12-13-31-61(51)71-66(43)56)38-59(55)49-22-7-5-18-45(49)47-20-9-11-25-54(47)65(64)70-60/h4-39H,1-3H3. The van der Waals surface area contributed by atoms with Gasteiger partial charge in [0.05, 0.1) is 29.0 Å². The average Bonchev–Trinajstić information content (AvgIpc) is 3.81. The van der Waals surface area contributed by atoms with Gasteiger partial charge in [0.15, 0.2) is 0 Å². The van der Waals surface area contributed by atoms with Crippen LogP contribution < -0.4 is 0 Å². The molecule has 0 spiro atoms. The molecule has 0 bridgehead atoms. The Morgan fingerprint density at radius 2 is 0.803 bits per heavy atom. The SMILES string of the molecule is CC(C)(C)c1c(-c2ccc3c(c2)-c2ccccc2-c2ccccc2-c2ncccc2-3)cccc1-c1cnc2c(n1)-c1ccccc1-c1ccccc1-c1cc(-c3cccc4c3oc3ccccc34)ccc1-2. The summed E-state index contributed by atoms with van der Waals surface area (Å²) in [7, 11) is 0. The first kappa shape index (κ1) is 41.0. The monoisotopic (exact) mass is 907 g/mol. The predicted octanol–water partition coefficient (Wildman–Crippen LogP) is 18.0. The Bertz CT molecular complexity index is 4160. The molecule has 0 amide bonds. The molecule has 12 aromatic rings. The molecule has 71 heavy (non-hydrogen) atoms. The molecule has 2 aliphatic rings. The maximum atomic E-state index is 6.57. The van der Waals surface area contributed by atoms with Crippen LogP contribution in [0, 0.1) is 0 Å². The molecule has 0 N–H and O–H groups in total. The van der Waals surface area contributed by atoms with Crippen LogP contribution in [-0.2, 0) is 5.41 Å². The second-order valence-electron chi connectivity index (χ2n) is 19.8. The van der Waals surface area contributed by atoms with Crippen molar-refractivity contribution in [2.24, 2.45) is 0 Å². The van der Waals surface area contributed by atoms with Gasteiger partial charge in [0.1, 0.15) is 11.2 Å². The number of hydrogen-bond donors (Lipinski definition) is 0. The molecule has 0 atom stereocenters. The highest BCUT2D eigenvalue weighted by Gasteiger charge is 2.30. The fourth-order valence-corrected chi connectivity index (χ4v) is 11.6. The van der Waals surface area contributed by atoms with Crippen LogP contribution in [0.4, 0.5) is 0 Å². The van der Waals surface area contributed by atoms with Crippen LogP contribution in [0.3, 0.4) is 0 Å². The minimum Gasteiger partial charge on any atom is -0.455 e. The molecular formula is C67H45N3O. The Labute approximate surface area is 412 Å². The van der Waals surface area contributed by atoms with E-state index in [1.54, 1.807) is 0 Å². The molecule has 9 aromatic carbocycles. The minimum atomic E-state index is -0.266. The average molecular weight is 908 g/mol. The molecule has 4 nitrogen and oxygen atoms in total. The van der Waals surface area contributed by atoms with Gasteiger partial charge in [-0.25, -0.2) is 4.98 Å². The van der Waals surface area contributed by atoms with E-state index in [-0.39, 0.29) is 5.41 Å². The summed E-state index contributed by atoms with van der Waals surface area (Å²) in [5.74, 6) is 0. The van der Waals surface area contributed by atoms with E-state index in [4.69, 9.17) is 19.4 Å². The van der Waals surface area contributed by atoms with E-state index in [1.165, 1.54) is 38.9 Å². The quantitative estimate of drug-likeness (QED) is 0.177. The van der Waals surface area contributed by atoms with Crippen LogP contribution in [0.5, 0.6) is 0 Å². The summed E-state index contributed by atoms with van der Waals surface area (Å²) < 4.78 is 6.57. The largest absolute Gasteiger partial charge is 0.455 e. The van der Waals surface area contributed by atoms with Gasteiger partial charge in [-0.15, -0.1) is 0 Å². The smallest absolute Gasteiger partial charge is 0.143 e. The van der Waals surface area contributed by atoms with Gasteiger partial charge in [0, 0.05) is 50.4 Å². The number of para-hydroxylation sites is 2. The van der Waals surface area contributed by atoms with Gasteiger partial charge >= 0.3 is 0 Å². The lowest BCUT2D eigenvalue weighted by Gasteiger charge is -2.28. The van der Waals surface area contributed by atoms with E-state index in [2.05, 4.69) is 215 Å². The lowest BCUT2D eigenvalue weighted by Crippen LogP contribution is -2.15. The highest BCUT2D eigenvalue weighted by Crippen LogP contribution is 2.51. The number of rotatable bonds is 3. The summed E-state index contributed by atoms with van der Waals surface area (Å²) in [6, 6.07) is 74.3. The predicted molar refractivity (Wildman–Crippen MR) is 293 cm³/mol. The minimum absolute atomic E-state index is 0.266. The molecule has 334 valence electrons. The summed E-state index contributed by atoms with van der Waals surface area (Å²) in [5.41, 5.74) is 26.6. The molecular weight excluding hydrogens is 863 g/mol. The van der Waals surface area contributed by atoms with Crippen LogP contribution in [0.1, 0.15) is 26.3 Å². The number of benzene rings is 9. The summed E-state index contributed by atoms with van der Waals surface area (Å²) in [6.07, 6.45) is 3.90. The van der Waals surface area contributed by atoms with Crippen LogP contribution in [0.2, 0.25) is 0 Å². The van der Waals surface area contributed by atoms with Gasteiger partial charge in [0.2, 0.25) is 0 Å². The highest BCUT2D eigenvalue weighted by molar-refractivity contribution is 6.11. The Hall–Kier alpha value is -8.99. The normalized spacial score (nSPS) is 12.2. The molecule has 0 saturated heterocycles. The molecule has 0 unspecified atom stereocenters. The van der Waals surface area contributed by atoms with Crippen molar-refractivity contribution in [1.29, 1.82) is 0 Å². The third kappa shape index (κ3) is 6.41. The zero-order valence-corrected chi connectivity index (χ0v) is 39.5. The van der Waals surface area contributed by atoms with Gasteiger partial charge in [-0.2, -0.15) is 0 Å². The Balaban J connectivity index is 0.960. The van der Waals surface area contributed by atoms with E-state index in [1.807, 2.05) is 24.5 Å². The Morgan fingerprint density at radius 1 is 0.338 bits per heavy atom. The first-order valence-corrected chi connectivity index (χ1v) is 24.4. The zero-order chi connectivity index (χ0) is 47.4. The van der Waals surface area contributed by atoms with Gasteiger partial charge in [-0.1, -0.05) is 203 Å². The van der Waals surface area contributed by atoms with Gasteiger partial charge < -0.3 is 4.42 Å². The lowest BCUT2D eigenvalue weighted by atomic mass is 9.77. The molecule has 0 radical (unpaired) electrons. The number of furan rings is 1. The van der Waals surface area contributed by atoms with Crippen molar-refractivity contribution < 1.29 is 4.42 Å².